The summed E-state index contributed by atoms with van der Waals surface area (Å²) in [6.07, 6.45) is 5.43. The number of likely N-dealkylation sites (tertiary alicyclic amines) is 2. The summed E-state index contributed by atoms with van der Waals surface area (Å²) < 4.78 is 5.89. The largest absolute Gasteiger partial charge is 0.480 e. The Balaban J connectivity index is 1.56. The van der Waals surface area contributed by atoms with Gasteiger partial charge in [0.1, 0.15) is 17.6 Å². The number of rotatable bonds is 6. The first-order valence-electron chi connectivity index (χ1n) is 9.75. The van der Waals surface area contributed by atoms with Gasteiger partial charge in [-0.05, 0) is 63.2 Å². The average molecular weight is 362 g/mol. The number of amides is 1. The normalized spacial score (nSPS) is 21.9. The lowest BCUT2D eigenvalue weighted by molar-refractivity contribution is -0.155. The molecule has 1 unspecified atom stereocenters. The van der Waals surface area contributed by atoms with E-state index >= 15 is 0 Å². The molecule has 2 saturated heterocycles. The lowest BCUT2D eigenvalue weighted by Gasteiger charge is -2.48. The molecule has 0 aliphatic carbocycles. The fourth-order valence-corrected chi connectivity index (χ4v) is 4.23. The molecule has 0 saturated carbocycles. The second-order valence-corrected chi connectivity index (χ2v) is 7.93. The van der Waals surface area contributed by atoms with Crippen LogP contribution in [0.15, 0.2) is 16.5 Å². The van der Waals surface area contributed by atoms with Gasteiger partial charge in [-0.15, -0.1) is 0 Å². The molecule has 2 fully saturated rings. The van der Waals surface area contributed by atoms with Crippen molar-refractivity contribution >= 4 is 11.9 Å². The number of carboxylic acid groups (broad SMARTS) is 1. The van der Waals surface area contributed by atoms with Crippen molar-refractivity contribution in [1.82, 2.24) is 9.80 Å². The van der Waals surface area contributed by atoms with Crippen molar-refractivity contribution in [2.24, 2.45) is 5.41 Å². The standard InChI is InChI=1S/C20H30N2O4/c1-3-4-16-5-6-17(26-16)13-21-11-9-20(10-12-21)8-7-18(23)22(14-20)15(2)19(24)25/h5-6,15H,3-4,7-14H2,1-2H3,(H,24,25). The molecule has 1 aromatic rings. The van der Waals surface area contributed by atoms with Gasteiger partial charge in [0.2, 0.25) is 5.91 Å². The minimum Gasteiger partial charge on any atom is -0.480 e. The van der Waals surface area contributed by atoms with E-state index in [1.807, 2.05) is 0 Å². The number of hydrogen-bond acceptors (Lipinski definition) is 4. The molecular formula is C20H30N2O4. The summed E-state index contributed by atoms with van der Waals surface area (Å²) in [5.41, 5.74) is 0.0741. The first-order chi connectivity index (χ1) is 12.4. The number of hydrogen-bond donors (Lipinski definition) is 1. The Labute approximate surface area is 155 Å². The Morgan fingerprint density at radius 1 is 1.27 bits per heavy atom. The van der Waals surface area contributed by atoms with Crippen LogP contribution in [0.4, 0.5) is 0 Å². The molecule has 1 aromatic heterocycles. The van der Waals surface area contributed by atoms with Crippen molar-refractivity contribution in [3.8, 4) is 0 Å². The molecule has 3 heterocycles. The summed E-state index contributed by atoms with van der Waals surface area (Å²) in [4.78, 5) is 27.5. The van der Waals surface area contributed by atoms with E-state index in [2.05, 4.69) is 24.0 Å². The highest BCUT2D eigenvalue weighted by atomic mass is 16.4. The van der Waals surface area contributed by atoms with E-state index in [0.717, 1.165) is 63.3 Å². The topological polar surface area (TPSA) is 74.0 Å². The van der Waals surface area contributed by atoms with Crippen molar-refractivity contribution in [1.29, 1.82) is 0 Å². The smallest absolute Gasteiger partial charge is 0.326 e. The van der Waals surface area contributed by atoms with Crippen molar-refractivity contribution in [2.45, 2.75) is 65.0 Å². The second-order valence-electron chi connectivity index (χ2n) is 7.93. The first-order valence-corrected chi connectivity index (χ1v) is 9.75. The summed E-state index contributed by atoms with van der Waals surface area (Å²) in [5, 5.41) is 9.27. The predicted molar refractivity (Wildman–Crippen MR) is 97.7 cm³/mol. The lowest BCUT2D eigenvalue weighted by Crippen LogP contribution is -2.55. The number of carboxylic acids is 1. The van der Waals surface area contributed by atoms with E-state index in [9.17, 15) is 14.7 Å². The van der Waals surface area contributed by atoms with Crippen LogP contribution in [0, 0.1) is 5.41 Å². The van der Waals surface area contributed by atoms with Gasteiger partial charge in [0.15, 0.2) is 0 Å². The highest BCUT2D eigenvalue weighted by Crippen LogP contribution is 2.41. The molecule has 1 amide bonds. The highest BCUT2D eigenvalue weighted by molar-refractivity contribution is 5.84. The van der Waals surface area contributed by atoms with E-state index in [1.54, 1.807) is 11.8 Å². The minimum atomic E-state index is -0.923. The summed E-state index contributed by atoms with van der Waals surface area (Å²) in [6.45, 7) is 7.10. The Morgan fingerprint density at radius 3 is 2.62 bits per heavy atom. The van der Waals surface area contributed by atoms with Gasteiger partial charge in [0, 0.05) is 19.4 Å². The van der Waals surface area contributed by atoms with Gasteiger partial charge in [-0.1, -0.05) is 6.92 Å². The number of aliphatic carboxylic acids is 1. The summed E-state index contributed by atoms with van der Waals surface area (Å²) in [5.74, 6) is 1.13. The quantitative estimate of drug-likeness (QED) is 0.842. The molecule has 0 radical (unpaired) electrons. The van der Waals surface area contributed by atoms with Crippen molar-refractivity contribution in [3.63, 3.8) is 0 Å². The third kappa shape index (κ3) is 4.11. The van der Waals surface area contributed by atoms with Gasteiger partial charge in [-0.3, -0.25) is 9.69 Å². The van der Waals surface area contributed by atoms with Crippen LogP contribution in [0.3, 0.4) is 0 Å². The van der Waals surface area contributed by atoms with Crippen molar-refractivity contribution in [2.75, 3.05) is 19.6 Å². The second kappa shape index (κ2) is 7.82. The van der Waals surface area contributed by atoms with Crippen LogP contribution < -0.4 is 0 Å². The maximum Gasteiger partial charge on any atom is 0.326 e. The Kier molecular flexibility index (Phi) is 5.70. The molecule has 3 rings (SSSR count). The molecule has 6 nitrogen and oxygen atoms in total. The molecule has 26 heavy (non-hydrogen) atoms. The Morgan fingerprint density at radius 2 is 1.96 bits per heavy atom. The SMILES string of the molecule is CCCc1ccc(CN2CCC3(CCC(=O)N(C(C)C(=O)O)C3)CC2)o1. The van der Waals surface area contributed by atoms with Crippen LogP contribution in [0.25, 0.3) is 0 Å². The van der Waals surface area contributed by atoms with Gasteiger partial charge in [-0.25, -0.2) is 4.79 Å². The number of aryl methyl sites for hydroxylation is 1. The van der Waals surface area contributed by atoms with E-state index < -0.39 is 12.0 Å². The predicted octanol–water partition coefficient (Wildman–Crippen LogP) is 2.91. The van der Waals surface area contributed by atoms with Gasteiger partial charge in [0.05, 0.1) is 6.54 Å². The number of piperidine rings is 2. The van der Waals surface area contributed by atoms with Gasteiger partial charge < -0.3 is 14.4 Å². The molecule has 0 aromatic carbocycles. The van der Waals surface area contributed by atoms with Gasteiger partial charge in [-0.2, -0.15) is 0 Å². The fourth-order valence-electron chi connectivity index (χ4n) is 4.23. The minimum absolute atomic E-state index is 0.0213. The third-order valence-corrected chi connectivity index (χ3v) is 6.03. The highest BCUT2D eigenvalue weighted by Gasteiger charge is 2.43. The molecule has 144 valence electrons. The maximum absolute atomic E-state index is 12.2. The van der Waals surface area contributed by atoms with E-state index in [1.165, 1.54) is 0 Å². The van der Waals surface area contributed by atoms with Crippen molar-refractivity contribution < 1.29 is 19.1 Å². The molecular weight excluding hydrogens is 332 g/mol. The molecule has 6 heteroatoms. The van der Waals surface area contributed by atoms with Crippen molar-refractivity contribution in [3.05, 3.63) is 23.7 Å². The summed E-state index contributed by atoms with van der Waals surface area (Å²) in [7, 11) is 0. The van der Waals surface area contributed by atoms with E-state index in [4.69, 9.17) is 4.42 Å². The van der Waals surface area contributed by atoms with Gasteiger partial charge >= 0.3 is 5.97 Å². The van der Waals surface area contributed by atoms with Crippen LogP contribution in [-0.4, -0.2) is 52.5 Å². The van der Waals surface area contributed by atoms with Crippen LogP contribution in [0.1, 0.15) is 57.5 Å². The number of nitrogens with zero attached hydrogens (tertiary/aromatic N) is 2. The molecule has 1 N–H and O–H groups in total. The molecule has 0 bridgehead atoms. The van der Waals surface area contributed by atoms with Gasteiger partial charge in [0.25, 0.3) is 0 Å². The summed E-state index contributed by atoms with van der Waals surface area (Å²) in [6, 6.07) is 3.41. The Hall–Kier alpha value is -1.82. The maximum atomic E-state index is 12.2. The van der Waals surface area contributed by atoms with Crippen LogP contribution in [-0.2, 0) is 22.6 Å². The van der Waals surface area contributed by atoms with Crippen LogP contribution >= 0.6 is 0 Å². The fraction of sp³-hybridized carbons (Fsp3) is 0.700. The monoisotopic (exact) mass is 362 g/mol. The zero-order valence-corrected chi connectivity index (χ0v) is 15.9. The zero-order chi connectivity index (χ0) is 18.7. The van der Waals surface area contributed by atoms with E-state index in [-0.39, 0.29) is 11.3 Å². The van der Waals surface area contributed by atoms with Crippen LogP contribution in [0.5, 0.6) is 0 Å². The molecule has 2 aliphatic rings. The number of carbonyl (C=O) groups excluding carboxylic acids is 1. The van der Waals surface area contributed by atoms with E-state index in [0.29, 0.717) is 13.0 Å². The molecule has 2 aliphatic heterocycles. The third-order valence-electron chi connectivity index (χ3n) is 6.03. The first kappa shape index (κ1) is 19.0. The number of furan rings is 1. The molecule has 1 atom stereocenters. The summed E-state index contributed by atoms with van der Waals surface area (Å²) >= 11 is 0. The zero-order valence-electron chi connectivity index (χ0n) is 15.9. The van der Waals surface area contributed by atoms with Crippen LogP contribution in [0.2, 0.25) is 0 Å². The number of carbonyl (C=O) groups is 2. The molecule has 1 spiro atoms. The average Bonchev–Trinajstić information content (AvgIpc) is 3.06. The lowest BCUT2D eigenvalue weighted by atomic mass is 9.72. The Bertz CT molecular complexity index is 646.